The third kappa shape index (κ3) is 16.2. The number of amides is 1. The molecule has 0 saturated heterocycles. The number of benzene rings is 2. The maximum atomic E-state index is 12.9. The minimum atomic E-state index is -5.43. The molecule has 1 heterocycles. The molecule has 0 saturated carbocycles. The summed E-state index contributed by atoms with van der Waals surface area (Å²) in [5, 5.41) is 0. The fourth-order valence-electron chi connectivity index (χ4n) is 3.64. The van der Waals surface area contributed by atoms with Gasteiger partial charge < -0.3 is 39.8 Å². The van der Waals surface area contributed by atoms with Gasteiger partial charge in [0.15, 0.2) is 11.5 Å². The largest absolute Gasteiger partial charge is 1.00 e. The molecule has 2 aromatic rings. The van der Waals surface area contributed by atoms with Gasteiger partial charge >= 0.3 is 118 Å². The van der Waals surface area contributed by atoms with E-state index in [0.717, 1.165) is 30.3 Å². The third-order valence-electron chi connectivity index (χ3n) is 5.04. The van der Waals surface area contributed by atoms with E-state index in [1.54, 1.807) is 0 Å². The summed E-state index contributed by atoms with van der Waals surface area (Å²) in [6.45, 7) is -0.227. The Bertz CT molecular complexity index is 1770. The van der Waals surface area contributed by atoms with Crippen molar-refractivity contribution in [3.8, 4) is 23.0 Å². The van der Waals surface area contributed by atoms with Crippen molar-refractivity contribution in [3.63, 3.8) is 0 Å². The van der Waals surface area contributed by atoms with Gasteiger partial charge in [0.2, 0.25) is 5.91 Å². The second-order valence-electron chi connectivity index (χ2n) is 7.87. The van der Waals surface area contributed by atoms with Crippen molar-refractivity contribution in [1.82, 2.24) is 4.90 Å². The third-order valence-corrected chi connectivity index (χ3v) is 6.59. The van der Waals surface area contributed by atoms with Gasteiger partial charge in [0, 0.05) is 25.1 Å². The molecule has 2 aromatic carbocycles. The van der Waals surface area contributed by atoms with Crippen LogP contribution in [0.3, 0.4) is 0 Å². The molecule has 18 nitrogen and oxygen atoms in total. The van der Waals surface area contributed by atoms with Crippen molar-refractivity contribution in [2.24, 2.45) is 0 Å². The van der Waals surface area contributed by atoms with Crippen LogP contribution in [-0.4, -0.2) is 69.2 Å². The number of rotatable bonds is 11. The normalized spacial score (nSPS) is 13.0. The molecule has 26 heteroatoms. The summed E-state index contributed by atoms with van der Waals surface area (Å²) in [6, 6.07) is 4.38. The topological polar surface area (TPSA) is 286 Å². The molecule has 1 aliphatic heterocycles. The molecule has 0 spiro atoms. The summed E-state index contributed by atoms with van der Waals surface area (Å²) >= 11 is 0. The Labute approximate surface area is 341 Å². The van der Waals surface area contributed by atoms with Crippen LogP contribution in [0.2, 0.25) is 0 Å². The Morgan fingerprint density at radius 3 is 1.59 bits per heavy atom. The molecule has 0 aromatic heterocycles. The minimum absolute atomic E-state index is 0. The first-order valence-electron chi connectivity index (χ1n) is 10.4. The summed E-state index contributed by atoms with van der Waals surface area (Å²) < 4.78 is 148. The van der Waals surface area contributed by atoms with Crippen LogP contribution in [-0.2, 0) is 65.8 Å². The average Bonchev–Trinajstić information content (AvgIpc) is 2.75. The molecular weight excluding hydrogens is 722 g/mol. The maximum absolute atomic E-state index is 12.9. The van der Waals surface area contributed by atoms with Crippen LogP contribution in [0.25, 0.3) is 0 Å². The van der Waals surface area contributed by atoms with E-state index in [4.69, 9.17) is 0 Å². The monoisotopic (exact) mass is 737 g/mol. The number of carbonyl (C=O) groups is 1. The van der Waals surface area contributed by atoms with Gasteiger partial charge in [-0.25, -0.2) is 33.7 Å². The summed E-state index contributed by atoms with van der Waals surface area (Å²) in [4.78, 5) is 14.1. The van der Waals surface area contributed by atoms with Crippen molar-refractivity contribution in [3.05, 3.63) is 47.0 Å². The van der Waals surface area contributed by atoms with Gasteiger partial charge in [-0.3, -0.25) is 4.79 Å². The fraction of sp³-hybridized carbons (Fsp3) is 0.278. The van der Waals surface area contributed by atoms with Gasteiger partial charge in [-0.2, -0.15) is 0 Å². The molecule has 0 radical (unpaired) electrons. The molecule has 0 fully saturated rings. The number of nitrogens with zero attached hydrogens (tertiary/aromatic N) is 1. The van der Waals surface area contributed by atoms with Gasteiger partial charge in [-0.05, 0) is 54.3 Å². The Hall–Kier alpha value is 0.750. The molecule has 1 aliphatic rings. The van der Waals surface area contributed by atoms with Crippen LogP contribution in [0.15, 0.2) is 30.3 Å². The summed E-state index contributed by atoms with van der Waals surface area (Å²) in [5.41, 5.74) is 0.313. The predicted molar refractivity (Wildman–Crippen MR) is 122 cm³/mol. The summed E-state index contributed by atoms with van der Waals surface area (Å²) in [7, 11) is -21.3. The van der Waals surface area contributed by atoms with Crippen LogP contribution in [0.1, 0.15) is 23.1 Å². The van der Waals surface area contributed by atoms with Crippen molar-refractivity contribution >= 4 is 47.5 Å². The number of hydrogen-bond donors (Lipinski definition) is 0. The molecule has 0 N–H and O–H groups in total. The van der Waals surface area contributed by atoms with E-state index in [-0.39, 0.29) is 155 Å². The second-order valence-corrected chi connectivity index (χ2v) is 11.8. The molecule has 0 atom stereocenters. The smallest absolute Gasteiger partial charge is 0.716 e. The van der Waals surface area contributed by atoms with Crippen molar-refractivity contribution in [2.45, 2.75) is 25.8 Å². The molecule has 0 bridgehead atoms. The zero-order valence-corrected chi connectivity index (χ0v) is 34.7. The zero-order chi connectivity index (χ0) is 30.1. The molecule has 222 valence electrons. The van der Waals surface area contributed by atoms with E-state index >= 15 is 0 Å². The minimum Gasteiger partial charge on any atom is -0.716 e. The van der Waals surface area contributed by atoms with E-state index in [0.29, 0.717) is 5.56 Å². The van der Waals surface area contributed by atoms with Crippen molar-refractivity contribution < 1.29 is 192 Å². The average molecular weight is 738 g/mol. The fourth-order valence-corrected chi connectivity index (χ4v) is 5.06. The van der Waals surface area contributed by atoms with Crippen LogP contribution < -0.4 is 135 Å². The Morgan fingerprint density at radius 2 is 1.11 bits per heavy atom. The van der Waals surface area contributed by atoms with E-state index in [1.165, 1.54) is 4.90 Å². The first kappa shape index (κ1) is 46.9. The summed E-state index contributed by atoms with van der Waals surface area (Å²) in [6.07, 6.45) is -0.708. The zero-order valence-electron chi connectivity index (χ0n) is 23.4. The molecule has 0 aliphatic carbocycles. The molecule has 3 rings (SSSR count). The van der Waals surface area contributed by atoms with Crippen LogP contribution in [0.4, 0.5) is 0 Å². The van der Waals surface area contributed by atoms with Crippen molar-refractivity contribution in [2.75, 3.05) is 6.54 Å². The van der Waals surface area contributed by atoms with Crippen LogP contribution in [0, 0.1) is 0 Å². The van der Waals surface area contributed by atoms with Gasteiger partial charge in [-0.15, -0.1) is 0 Å². The number of fused-ring (bicyclic) bond motifs is 1. The molecule has 1 amide bonds. The standard InChI is InChI=1S/C18H19NO17S4.4Na/c20-18(4-1-12-7-14(33-37(21,22)23)2-3-15(12)34-38(24,25)26)19-6-5-11-8-16(35-39(27,28)29)17(9-13(11)10-19)36-40(30,31)32;;;;/h2-3,7-9H,1,4-6,10H2,(H,21,22,23)(H,24,25,26)(H,27,28,29)(H,30,31,32);;;;/q;4*+1/p-4. The molecule has 44 heavy (non-hydrogen) atoms. The SMILES string of the molecule is O=C(CCc1cc(OS(=O)(=O)[O-])ccc1OS(=O)(=O)[O-])N1CCc2cc(OS(=O)(=O)[O-])c(OS(=O)(=O)[O-])cc2C1.[Na+].[Na+].[Na+].[Na+]. The number of aryl methyl sites for hydroxylation is 1. The number of carbonyl (C=O) groups excluding carboxylic acids is 1. The quantitative estimate of drug-likeness (QED) is 0.117. The van der Waals surface area contributed by atoms with Gasteiger partial charge in [0.1, 0.15) is 11.5 Å². The van der Waals surface area contributed by atoms with E-state index in [1.807, 2.05) is 0 Å². The van der Waals surface area contributed by atoms with E-state index in [9.17, 15) is 56.7 Å². The molecule has 0 unspecified atom stereocenters. The second kappa shape index (κ2) is 18.5. The Kier molecular flexibility index (Phi) is 19.7. The predicted octanol–water partition coefficient (Wildman–Crippen LogP) is -13.4. The first-order valence-corrected chi connectivity index (χ1v) is 15.7. The Morgan fingerprint density at radius 1 is 0.659 bits per heavy atom. The van der Waals surface area contributed by atoms with Crippen molar-refractivity contribution in [1.29, 1.82) is 0 Å². The van der Waals surface area contributed by atoms with E-state index in [2.05, 4.69) is 16.7 Å². The number of hydrogen-bond acceptors (Lipinski definition) is 17. The molecular formula is C18H15NNa4O17S4. The maximum Gasteiger partial charge on any atom is 1.00 e. The van der Waals surface area contributed by atoms with Crippen LogP contribution in [0.5, 0.6) is 23.0 Å². The van der Waals surface area contributed by atoms with Gasteiger partial charge in [0.25, 0.3) is 41.6 Å². The van der Waals surface area contributed by atoms with E-state index < -0.39 is 76.9 Å². The Balaban J connectivity index is 0. The first-order chi connectivity index (χ1) is 18.2. The van der Waals surface area contributed by atoms with Gasteiger partial charge in [-0.1, -0.05) is 0 Å². The summed E-state index contributed by atoms with van der Waals surface area (Å²) in [5.74, 6) is -3.52. The van der Waals surface area contributed by atoms with Crippen LogP contribution >= 0.6 is 0 Å². The van der Waals surface area contributed by atoms with Gasteiger partial charge in [0.05, 0.1) is 0 Å².